The second kappa shape index (κ2) is 8.97. The van der Waals surface area contributed by atoms with Gasteiger partial charge in [0.05, 0.1) is 0 Å². The normalized spacial score (nSPS) is 13.2. The molecule has 0 saturated heterocycles. The molecular weight excluding hydrogens is 272 g/mol. The molecule has 1 aromatic carbocycles. The number of ether oxygens (including phenoxy) is 1. The molecule has 6 nitrogen and oxygen atoms in total. The molecule has 2 unspecified atom stereocenters. The quantitative estimate of drug-likeness (QED) is 0.676. The molecule has 21 heavy (non-hydrogen) atoms. The number of methoxy groups -OCH3 is 1. The average Bonchev–Trinajstić information content (AvgIpc) is 2.44. The van der Waals surface area contributed by atoms with Crippen LogP contribution in [0.1, 0.15) is 18.9 Å². The number of hydrogen-bond donors (Lipinski definition) is 3. The van der Waals surface area contributed by atoms with Gasteiger partial charge in [-0.05, 0) is 18.9 Å². The van der Waals surface area contributed by atoms with Crippen LogP contribution in [0.2, 0.25) is 0 Å². The molecule has 116 valence electrons. The number of carboxylic acid groups (broad SMARTS) is 1. The van der Waals surface area contributed by atoms with Crippen molar-refractivity contribution in [3.8, 4) is 0 Å². The van der Waals surface area contributed by atoms with Gasteiger partial charge in [0.1, 0.15) is 6.04 Å². The highest BCUT2D eigenvalue weighted by Crippen LogP contribution is 2.02. The van der Waals surface area contributed by atoms with Crippen LogP contribution in [-0.2, 0) is 16.0 Å². The van der Waals surface area contributed by atoms with Crippen molar-refractivity contribution in [2.24, 2.45) is 0 Å². The maximum absolute atomic E-state index is 11.8. The molecule has 3 N–H and O–H groups in total. The predicted molar refractivity (Wildman–Crippen MR) is 79.2 cm³/mol. The summed E-state index contributed by atoms with van der Waals surface area (Å²) < 4.78 is 4.83. The molecule has 0 aliphatic carbocycles. The van der Waals surface area contributed by atoms with Crippen molar-refractivity contribution in [2.45, 2.75) is 31.8 Å². The van der Waals surface area contributed by atoms with Crippen LogP contribution >= 0.6 is 0 Å². The molecule has 0 radical (unpaired) electrons. The number of carbonyl (C=O) groups is 2. The Kier molecular flexibility index (Phi) is 7.25. The Balaban J connectivity index is 2.42. The number of benzene rings is 1. The number of urea groups is 1. The first-order valence-corrected chi connectivity index (χ1v) is 6.85. The molecule has 0 fully saturated rings. The fourth-order valence-corrected chi connectivity index (χ4v) is 1.94. The second-order valence-corrected chi connectivity index (χ2v) is 4.88. The lowest BCUT2D eigenvalue weighted by Crippen LogP contribution is -2.49. The number of rotatable bonds is 8. The highest BCUT2D eigenvalue weighted by molar-refractivity contribution is 5.82. The maximum atomic E-state index is 11.8. The molecule has 0 spiro atoms. The first-order chi connectivity index (χ1) is 10.0. The summed E-state index contributed by atoms with van der Waals surface area (Å²) in [5.74, 6) is -1.07. The van der Waals surface area contributed by atoms with Crippen molar-refractivity contribution in [2.75, 3.05) is 13.7 Å². The first-order valence-electron chi connectivity index (χ1n) is 6.85. The number of carbonyl (C=O) groups excluding carboxylic acids is 1. The molecule has 2 amide bonds. The van der Waals surface area contributed by atoms with Crippen molar-refractivity contribution >= 4 is 12.0 Å². The predicted octanol–water partition coefficient (Wildman–Crippen LogP) is 1.41. The van der Waals surface area contributed by atoms with Crippen LogP contribution in [0.3, 0.4) is 0 Å². The summed E-state index contributed by atoms with van der Waals surface area (Å²) in [6.45, 7) is 2.15. The van der Waals surface area contributed by atoms with Gasteiger partial charge in [0.15, 0.2) is 0 Å². The van der Waals surface area contributed by atoms with Crippen LogP contribution in [0.4, 0.5) is 4.79 Å². The lowest BCUT2D eigenvalue weighted by atomic mass is 10.1. The zero-order valence-corrected chi connectivity index (χ0v) is 12.3. The maximum Gasteiger partial charge on any atom is 0.326 e. The minimum absolute atomic E-state index is 0.0933. The number of carboxylic acids is 1. The zero-order valence-electron chi connectivity index (χ0n) is 12.3. The van der Waals surface area contributed by atoms with Crippen molar-refractivity contribution in [1.29, 1.82) is 0 Å². The highest BCUT2D eigenvalue weighted by Gasteiger charge is 2.20. The van der Waals surface area contributed by atoms with Crippen molar-refractivity contribution in [3.05, 3.63) is 35.9 Å². The van der Waals surface area contributed by atoms with E-state index in [9.17, 15) is 9.59 Å². The Labute approximate surface area is 124 Å². The summed E-state index contributed by atoms with van der Waals surface area (Å²) in [6, 6.07) is 8.24. The summed E-state index contributed by atoms with van der Waals surface area (Å²) in [4.78, 5) is 22.8. The van der Waals surface area contributed by atoms with E-state index in [1.54, 1.807) is 0 Å². The Morgan fingerprint density at radius 3 is 2.48 bits per heavy atom. The number of hydrogen-bond acceptors (Lipinski definition) is 3. The molecular formula is C15H22N2O4. The molecule has 1 rings (SSSR count). The van der Waals surface area contributed by atoms with Gasteiger partial charge in [-0.25, -0.2) is 9.59 Å². The van der Waals surface area contributed by atoms with Gasteiger partial charge in [-0.15, -0.1) is 0 Å². The van der Waals surface area contributed by atoms with E-state index in [1.807, 2.05) is 37.3 Å². The summed E-state index contributed by atoms with van der Waals surface area (Å²) in [6.07, 6.45) is 0.913. The number of aliphatic carboxylic acids is 1. The summed E-state index contributed by atoms with van der Waals surface area (Å²) in [5, 5.41) is 14.2. The van der Waals surface area contributed by atoms with Gasteiger partial charge in [-0.3, -0.25) is 0 Å². The summed E-state index contributed by atoms with van der Waals surface area (Å²) >= 11 is 0. The molecule has 6 heteroatoms. The molecule has 0 heterocycles. The topological polar surface area (TPSA) is 87.7 Å². The Hall–Kier alpha value is -2.08. The lowest BCUT2D eigenvalue weighted by Gasteiger charge is -2.18. The van der Waals surface area contributed by atoms with Crippen molar-refractivity contribution in [3.63, 3.8) is 0 Å². The third-order valence-electron chi connectivity index (χ3n) is 2.98. The second-order valence-electron chi connectivity index (χ2n) is 4.88. The van der Waals surface area contributed by atoms with Crippen LogP contribution in [0.25, 0.3) is 0 Å². The van der Waals surface area contributed by atoms with Gasteiger partial charge in [-0.2, -0.15) is 0 Å². The van der Waals surface area contributed by atoms with Crippen LogP contribution in [0.15, 0.2) is 30.3 Å². The van der Waals surface area contributed by atoms with Gasteiger partial charge in [0.2, 0.25) is 0 Å². The standard InChI is InChI=1S/C15H22N2O4/c1-11(10-12-6-4-3-5-7-12)16-15(20)17-13(14(18)19)8-9-21-2/h3-7,11,13H,8-10H2,1-2H3,(H,18,19)(H2,16,17,20). The fraction of sp³-hybridized carbons (Fsp3) is 0.467. The van der Waals surface area contributed by atoms with Gasteiger partial charge in [-0.1, -0.05) is 30.3 Å². The average molecular weight is 294 g/mol. The van der Waals surface area contributed by atoms with E-state index < -0.39 is 18.0 Å². The van der Waals surface area contributed by atoms with E-state index in [0.29, 0.717) is 6.42 Å². The first kappa shape index (κ1) is 17.0. The van der Waals surface area contributed by atoms with E-state index in [4.69, 9.17) is 9.84 Å². The highest BCUT2D eigenvalue weighted by atomic mass is 16.5. The smallest absolute Gasteiger partial charge is 0.326 e. The molecule has 0 aliphatic heterocycles. The van der Waals surface area contributed by atoms with Gasteiger partial charge in [0, 0.05) is 26.2 Å². The van der Waals surface area contributed by atoms with Gasteiger partial charge < -0.3 is 20.5 Å². The van der Waals surface area contributed by atoms with Crippen molar-refractivity contribution < 1.29 is 19.4 Å². The van der Waals surface area contributed by atoms with E-state index in [-0.39, 0.29) is 19.1 Å². The van der Waals surface area contributed by atoms with Gasteiger partial charge >= 0.3 is 12.0 Å². The minimum Gasteiger partial charge on any atom is -0.480 e. The van der Waals surface area contributed by atoms with Crippen LogP contribution in [0, 0.1) is 0 Å². The Bertz CT molecular complexity index is 450. The van der Waals surface area contributed by atoms with E-state index in [2.05, 4.69) is 10.6 Å². The molecule has 2 atom stereocenters. The molecule has 0 aromatic heterocycles. The summed E-state index contributed by atoms with van der Waals surface area (Å²) in [5.41, 5.74) is 1.11. The molecule has 1 aromatic rings. The Morgan fingerprint density at radius 1 is 1.24 bits per heavy atom. The van der Waals surface area contributed by atoms with Crippen LogP contribution in [0.5, 0.6) is 0 Å². The third-order valence-corrected chi connectivity index (χ3v) is 2.98. The molecule has 0 bridgehead atoms. The van der Waals surface area contributed by atoms with Gasteiger partial charge in [0.25, 0.3) is 0 Å². The zero-order chi connectivity index (χ0) is 15.7. The van der Waals surface area contributed by atoms with E-state index in [1.165, 1.54) is 7.11 Å². The van der Waals surface area contributed by atoms with E-state index >= 15 is 0 Å². The minimum atomic E-state index is -1.07. The third kappa shape index (κ3) is 6.76. The van der Waals surface area contributed by atoms with Crippen molar-refractivity contribution in [1.82, 2.24) is 10.6 Å². The molecule has 0 aliphatic rings. The van der Waals surface area contributed by atoms with Crippen LogP contribution < -0.4 is 10.6 Å². The lowest BCUT2D eigenvalue weighted by molar-refractivity contribution is -0.139. The number of nitrogens with one attached hydrogen (secondary N) is 2. The summed E-state index contributed by atoms with van der Waals surface area (Å²) in [7, 11) is 1.49. The van der Waals surface area contributed by atoms with E-state index in [0.717, 1.165) is 5.56 Å². The van der Waals surface area contributed by atoms with Crippen LogP contribution in [-0.4, -0.2) is 42.9 Å². The largest absolute Gasteiger partial charge is 0.480 e. The number of amides is 2. The monoisotopic (exact) mass is 294 g/mol. The molecule has 0 saturated carbocycles. The SMILES string of the molecule is COCCC(NC(=O)NC(C)Cc1ccccc1)C(=O)O. The fourth-order valence-electron chi connectivity index (χ4n) is 1.94. The Morgan fingerprint density at radius 2 is 1.90 bits per heavy atom.